The number of ether oxygens (including phenoxy) is 1. The number of rotatable bonds is 8. The first-order chi connectivity index (χ1) is 16.4. The van der Waals surface area contributed by atoms with Gasteiger partial charge in [-0.1, -0.05) is 23.2 Å². The number of hydrazone groups is 1. The monoisotopic (exact) mass is 536 g/mol. The predicted octanol–water partition coefficient (Wildman–Crippen LogP) is 4.71. The van der Waals surface area contributed by atoms with Crippen LogP contribution in [0.3, 0.4) is 0 Å². The van der Waals surface area contributed by atoms with Gasteiger partial charge in [-0.3, -0.25) is 9.10 Å². The number of nitrogens with one attached hydrogen (secondary N) is 1. The van der Waals surface area contributed by atoms with E-state index in [4.69, 9.17) is 27.9 Å². The van der Waals surface area contributed by atoms with Crippen molar-refractivity contribution in [1.82, 2.24) is 9.99 Å². The molecule has 11 heteroatoms. The van der Waals surface area contributed by atoms with E-state index in [0.717, 1.165) is 33.2 Å². The summed E-state index contributed by atoms with van der Waals surface area (Å²) in [7, 11) is -2.24. The summed E-state index contributed by atoms with van der Waals surface area (Å²) < 4.78 is 33.0. The Balaban J connectivity index is 1.80. The van der Waals surface area contributed by atoms with Gasteiger partial charge in [0.1, 0.15) is 11.8 Å². The number of amides is 1. The summed E-state index contributed by atoms with van der Waals surface area (Å²) in [5.74, 6) is -0.0144. The molecular formula is C24H26Cl2N4O4S. The maximum absolute atomic E-state index is 12.8. The molecule has 1 amide bonds. The minimum absolute atomic E-state index is 0.337. The van der Waals surface area contributed by atoms with Crippen LogP contribution < -0.4 is 14.5 Å². The van der Waals surface area contributed by atoms with Crippen LogP contribution in [0.25, 0.3) is 5.69 Å². The molecule has 1 unspecified atom stereocenters. The molecule has 1 aromatic heterocycles. The summed E-state index contributed by atoms with van der Waals surface area (Å²) in [6.45, 7) is 5.33. The van der Waals surface area contributed by atoms with Gasteiger partial charge in [0, 0.05) is 32.7 Å². The smallest absolute Gasteiger partial charge is 0.263 e. The average Bonchev–Trinajstić information content (AvgIpc) is 3.05. The molecule has 0 aliphatic carbocycles. The number of anilines is 1. The summed E-state index contributed by atoms with van der Waals surface area (Å²) in [6, 6.07) is 12.5. The van der Waals surface area contributed by atoms with Crippen LogP contribution in [0, 0.1) is 13.8 Å². The standard InChI is InChI=1S/C24H26Cl2N4O4S/c1-15-10-18(16(2)29(15)22-12-19(25)11-20(26)13-22)14-27-28-24(31)17(3)30(35(5,32)33)21-6-8-23(34-4)9-7-21/h6-14,17H,1-5H3,(H,28,31)/b27-14+. The molecule has 0 aliphatic heterocycles. The van der Waals surface area contributed by atoms with E-state index in [1.807, 2.05) is 24.5 Å². The number of hydrogen-bond acceptors (Lipinski definition) is 5. The van der Waals surface area contributed by atoms with Crippen molar-refractivity contribution in [2.75, 3.05) is 17.7 Å². The quantitative estimate of drug-likeness (QED) is 0.333. The van der Waals surface area contributed by atoms with E-state index in [1.165, 1.54) is 20.2 Å². The molecule has 0 saturated heterocycles. The maximum atomic E-state index is 12.8. The molecule has 1 atom stereocenters. The molecule has 0 bridgehead atoms. The molecule has 0 radical (unpaired) electrons. The van der Waals surface area contributed by atoms with Gasteiger partial charge in [0.05, 0.1) is 25.3 Å². The molecule has 186 valence electrons. The second kappa shape index (κ2) is 10.7. The summed E-state index contributed by atoms with van der Waals surface area (Å²) in [6.07, 6.45) is 2.55. The summed E-state index contributed by atoms with van der Waals surface area (Å²) in [4.78, 5) is 12.8. The van der Waals surface area contributed by atoms with Gasteiger partial charge in [0.2, 0.25) is 10.0 Å². The molecule has 0 aliphatic rings. The van der Waals surface area contributed by atoms with Gasteiger partial charge in [0.15, 0.2) is 0 Å². The van der Waals surface area contributed by atoms with Gasteiger partial charge in [-0.15, -0.1) is 0 Å². The lowest BCUT2D eigenvalue weighted by Gasteiger charge is -2.27. The number of hydrogen-bond donors (Lipinski definition) is 1. The average molecular weight is 537 g/mol. The van der Waals surface area contributed by atoms with E-state index in [9.17, 15) is 13.2 Å². The van der Waals surface area contributed by atoms with Crippen molar-refractivity contribution in [2.24, 2.45) is 5.10 Å². The molecule has 0 saturated carbocycles. The second-order valence-electron chi connectivity index (χ2n) is 7.96. The van der Waals surface area contributed by atoms with Gasteiger partial charge in [0.25, 0.3) is 5.91 Å². The number of halogens is 2. The maximum Gasteiger partial charge on any atom is 0.263 e. The summed E-state index contributed by atoms with van der Waals surface area (Å²) >= 11 is 12.3. The van der Waals surface area contributed by atoms with E-state index in [1.54, 1.807) is 42.5 Å². The van der Waals surface area contributed by atoms with Gasteiger partial charge in [-0.2, -0.15) is 5.10 Å². The van der Waals surface area contributed by atoms with Gasteiger partial charge in [-0.25, -0.2) is 13.8 Å². The molecule has 2 aromatic carbocycles. The molecule has 1 heterocycles. The third-order valence-corrected chi connectivity index (χ3v) is 7.05. The third kappa shape index (κ3) is 6.17. The number of aryl methyl sites for hydroxylation is 1. The normalized spacial score (nSPS) is 12.5. The third-order valence-electron chi connectivity index (χ3n) is 5.37. The summed E-state index contributed by atoms with van der Waals surface area (Å²) in [5, 5.41) is 5.10. The van der Waals surface area contributed by atoms with Gasteiger partial charge >= 0.3 is 0 Å². The first-order valence-electron chi connectivity index (χ1n) is 10.5. The Hall–Kier alpha value is -3.01. The fraction of sp³-hybridized carbons (Fsp3) is 0.250. The van der Waals surface area contributed by atoms with Crippen molar-refractivity contribution in [1.29, 1.82) is 0 Å². The molecule has 1 N–H and O–H groups in total. The predicted molar refractivity (Wildman–Crippen MR) is 141 cm³/mol. The number of methoxy groups -OCH3 is 1. The zero-order valence-electron chi connectivity index (χ0n) is 19.9. The number of carbonyl (C=O) groups is 1. The number of sulfonamides is 1. The van der Waals surface area contributed by atoms with Crippen LogP contribution in [-0.2, 0) is 14.8 Å². The van der Waals surface area contributed by atoms with Crippen molar-refractivity contribution < 1.29 is 17.9 Å². The molecule has 0 spiro atoms. The highest BCUT2D eigenvalue weighted by Gasteiger charge is 2.29. The van der Waals surface area contributed by atoms with Crippen LogP contribution >= 0.6 is 23.2 Å². The van der Waals surface area contributed by atoms with E-state index >= 15 is 0 Å². The minimum Gasteiger partial charge on any atom is -0.497 e. The van der Waals surface area contributed by atoms with Crippen LogP contribution in [0.4, 0.5) is 5.69 Å². The molecular weight excluding hydrogens is 511 g/mol. The van der Waals surface area contributed by atoms with Gasteiger partial charge in [-0.05, 0) is 69.3 Å². The Bertz CT molecular complexity index is 1350. The Labute approximate surface area is 215 Å². The number of carbonyl (C=O) groups excluding carboxylic acids is 1. The Morgan fingerprint density at radius 3 is 2.26 bits per heavy atom. The molecule has 8 nitrogen and oxygen atoms in total. The number of benzene rings is 2. The Kier molecular flexibility index (Phi) is 8.15. The molecule has 3 aromatic rings. The first kappa shape index (κ1) is 26.6. The molecule has 35 heavy (non-hydrogen) atoms. The van der Waals surface area contributed by atoms with Crippen LogP contribution in [0.5, 0.6) is 5.75 Å². The van der Waals surface area contributed by atoms with Gasteiger partial charge < -0.3 is 9.30 Å². The summed E-state index contributed by atoms with van der Waals surface area (Å²) in [5.41, 5.74) is 6.13. The van der Waals surface area contributed by atoms with E-state index in [-0.39, 0.29) is 0 Å². The van der Waals surface area contributed by atoms with Crippen LogP contribution in [0.2, 0.25) is 10.0 Å². The SMILES string of the molecule is COc1ccc(N(C(C)C(=O)N/N=C/c2cc(C)n(-c3cc(Cl)cc(Cl)c3)c2C)S(C)(=O)=O)cc1. The second-order valence-corrected chi connectivity index (χ2v) is 10.7. The highest BCUT2D eigenvalue weighted by molar-refractivity contribution is 7.92. The van der Waals surface area contributed by atoms with Crippen LogP contribution in [0.15, 0.2) is 53.6 Å². The largest absolute Gasteiger partial charge is 0.497 e. The van der Waals surface area contributed by atoms with Crippen molar-refractivity contribution in [3.8, 4) is 11.4 Å². The molecule has 0 fully saturated rings. The number of aromatic nitrogens is 1. The Morgan fingerprint density at radius 1 is 1.11 bits per heavy atom. The zero-order chi connectivity index (χ0) is 25.9. The highest BCUT2D eigenvalue weighted by Crippen LogP contribution is 2.26. The highest BCUT2D eigenvalue weighted by atomic mass is 35.5. The topological polar surface area (TPSA) is 93.0 Å². The lowest BCUT2D eigenvalue weighted by Crippen LogP contribution is -2.46. The van der Waals surface area contributed by atoms with Crippen molar-refractivity contribution in [3.05, 3.63) is 75.5 Å². The molecule has 3 rings (SSSR count). The van der Waals surface area contributed by atoms with Crippen molar-refractivity contribution in [2.45, 2.75) is 26.8 Å². The lowest BCUT2D eigenvalue weighted by molar-refractivity contribution is -0.121. The van der Waals surface area contributed by atoms with Crippen molar-refractivity contribution >= 4 is 51.0 Å². The van der Waals surface area contributed by atoms with E-state index in [0.29, 0.717) is 21.5 Å². The van der Waals surface area contributed by atoms with Crippen molar-refractivity contribution in [3.63, 3.8) is 0 Å². The van der Waals surface area contributed by atoms with Crippen LogP contribution in [0.1, 0.15) is 23.9 Å². The fourth-order valence-electron chi connectivity index (χ4n) is 3.78. The Morgan fingerprint density at radius 2 is 1.71 bits per heavy atom. The van der Waals surface area contributed by atoms with Crippen LogP contribution in [-0.4, -0.2) is 44.5 Å². The first-order valence-corrected chi connectivity index (χ1v) is 13.1. The fourth-order valence-corrected chi connectivity index (χ4v) is 5.47. The van der Waals surface area contributed by atoms with E-state index < -0.39 is 22.0 Å². The van der Waals surface area contributed by atoms with E-state index in [2.05, 4.69) is 10.5 Å². The lowest BCUT2D eigenvalue weighted by atomic mass is 10.2. The zero-order valence-corrected chi connectivity index (χ0v) is 22.2. The minimum atomic E-state index is -3.75. The number of nitrogens with zero attached hydrogens (tertiary/aromatic N) is 3.